The van der Waals surface area contributed by atoms with E-state index in [9.17, 15) is 0 Å². The van der Waals surface area contributed by atoms with Crippen molar-refractivity contribution in [3.8, 4) is 0 Å². The number of aliphatic hydroxyl groups excluding tert-OH is 1. The third kappa shape index (κ3) is 14500. The van der Waals surface area contributed by atoms with Gasteiger partial charge in [0.1, 0.15) is 21.0 Å². The Morgan fingerprint density at radius 3 is 1.43 bits per heavy atom. The van der Waals surface area contributed by atoms with Crippen molar-refractivity contribution in [2.45, 2.75) is 0 Å². The maximum atomic E-state index is 7.34. The van der Waals surface area contributed by atoms with E-state index in [0.717, 1.165) is 21.0 Å². The average molecular weight is 156 g/mol. The zero-order chi connectivity index (χ0) is 6.28. The Hall–Kier alpha value is 0.0838. The molecule has 0 aliphatic heterocycles. The SMILES string of the molecule is OC(O)=S.[SiH3]O[SiH3]. The summed E-state index contributed by atoms with van der Waals surface area (Å²) in [5.74, 6) is 0. The molecule has 0 heterocycles. The first kappa shape index (κ1) is 10.1. The molecule has 0 bridgehead atoms. The van der Waals surface area contributed by atoms with Gasteiger partial charge in [0.05, 0.1) is 0 Å². The van der Waals surface area contributed by atoms with Crippen LogP contribution in [-0.2, 0) is 4.12 Å². The monoisotopic (exact) mass is 156 g/mol. The van der Waals surface area contributed by atoms with E-state index in [1.165, 1.54) is 0 Å². The molecule has 0 rings (SSSR count). The van der Waals surface area contributed by atoms with Crippen LogP contribution in [0.2, 0.25) is 0 Å². The Morgan fingerprint density at radius 1 is 1.43 bits per heavy atom. The Bertz CT molecular complexity index is 44.2. The van der Waals surface area contributed by atoms with Gasteiger partial charge in [-0.1, -0.05) is 0 Å². The normalized spacial score (nSPS) is 6.86. The molecule has 3 nitrogen and oxygen atoms in total. The van der Waals surface area contributed by atoms with E-state index in [0.29, 0.717) is 0 Å². The van der Waals surface area contributed by atoms with Crippen LogP contribution >= 0.6 is 12.2 Å². The maximum absolute atomic E-state index is 7.34. The van der Waals surface area contributed by atoms with Crippen molar-refractivity contribution >= 4 is 38.4 Å². The van der Waals surface area contributed by atoms with Crippen LogP contribution in [-0.4, -0.2) is 36.4 Å². The van der Waals surface area contributed by atoms with E-state index in [2.05, 4.69) is 16.3 Å². The summed E-state index contributed by atoms with van der Waals surface area (Å²) in [6.07, 6.45) is 0. The predicted octanol–water partition coefficient (Wildman–Crippen LogP) is -2.05. The lowest BCUT2D eigenvalue weighted by atomic mass is 11.5. The van der Waals surface area contributed by atoms with Crippen molar-refractivity contribution in [1.29, 1.82) is 0 Å². The lowest BCUT2D eigenvalue weighted by molar-refractivity contribution is 0.386. The topological polar surface area (TPSA) is 49.7 Å². The molecule has 0 radical (unpaired) electrons. The summed E-state index contributed by atoms with van der Waals surface area (Å²) >= 11 is 3.65. The first-order valence-electron chi connectivity index (χ1n) is 1.47. The average Bonchev–Trinajstić information content (AvgIpc) is 1.33. The maximum Gasteiger partial charge on any atom is 0.347 e. The molecule has 0 saturated heterocycles. The molecule has 0 aliphatic rings. The third-order valence-electron chi connectivity index (χ3n) is 0. The van der Waals surface area contributed by atoms with Gasteiger partial charge in [-0.25, -0.2) is 0 Å². The summed E-state index contributed by atoms with van der Waals surface area (Å²) in [5.41, 5.74) is 0. The summed E-state index contributed by atoms with van der Waals surface area (Å²) in [6.45, 7) is 0. The summed E-state index contributed by atoms with van der Waals surface area (Å²) in [6, 6.07) is 0. The van der Waals surface area contributed by atoms with Crippen molar-refractivity contribution in [3.05, 3.63) is 0 Å². The largest absolute Gasteiger partial charge is 0.473 e. The van der Waals surface area contributed by atoms with E-state index in [4.69, 9.17) is 10.2 Å². The fraction of sp³-hybridized carbons (Fsp3) is 0. The number of thiocarbonyl (C=S) groups is 1. The number of aliphatic hydroxyl groups is 2. The first-order valence-corrected chi connectivity index (χ1v) is 3.51. The van der Waals surface area contributed by atoms with E-state index in [1.807, 2.05) is 0 Å². The molecule has 0 aromatic heterocycles. The van der Waals surface area contributed by atoms with Crippen LogP contribution in [0.3, 0.4) is 0 Å². The molecule has 0 amide bonds. The van der Waals surface area contributed by atoms with Crippen LogP contribution in [0, 0.1) is 0 Å². The molecule has 7 heavy (non-hydrogen) atoms. The Labute approximate surface area is 53.4 Å². The van der Waals surface area contributed by atoms with E-state index < -0.39 is 5.24 Å². The van der Waals surface area contributed by atoms with Gasteiger partial charge in [-0.05, 0) is 0 Å². The molecule has 2 N–H and O–H groups in total. The van der Waals surface area contributed by atoms with Crippen LogP contribution in [0.1, 0.15) is 0 Å². The molecule has 0 aromatic carbocycles. The van der Waals surface area contributed by atoms with E-state index >= 15 is 0 Å². The van der Waals surface area contributed by atoms with Crippen molar-refractivity contribution in [1.82, 2.24) is 0 Å². The first-order chi connectivity index (χ1) is 3.15. The van der Waals surface area contributed by atoms with Crippen molar-refractivity contribution in [3.63, 3.8) is 0 Å². The van der Waals surface area contributed by atoms with Crippen molar-refractivity contribution in [2.75, 3.05) is 0 Å². The number of hydrogen-bond donors (Lipinski definition) is 2. The molecule has 0 aromatic rings. The Morgan fingerprint density at radius 2 is 1.43 bits per heavy atom. The van der Waals surface area contributed by atoms with Crippen LogP contribution < -0.4 is 0 Å². The molecule has 44 valence electrons. The van der Waals surface area contributed by atoms with Gasteiger partial charge in [-0.15, -0.1) is 0 Å². The summed E-state index contributed by atoms with van der Waals surface area (Å²) in [7, 11) is 1.86. The standard InChI is InChI=1S/CH2O2S.H6OSi2/c2-1(3)4;2-1-3/h(H2,2,3,4);2-3H3. The molecule has 6 heteroatoms. The van der Waals surface area contributed by atoms with E-state index in [-0.39, 0.29) is 0 Å². The molecule has 0 saturated carbocycles. The van der Waals surface area contributed by atoms with Crippen LogP contribution in [0.4, 0.5) is 0 Å². The Balaban J connectivity index is 0. The van der Waals surface area contributed by atoms with Gasteiger partial charge in [0.25, 0.3) is 0 Å². The molecular formula is CH8O3SSi2. The highest BCUT2D eigenvalue weighted by Crippen LogP contribution is 1.47. The highest BCUT2D eigenvalue weighted by molar-refractivity contribution is 7.79. The summed E-state index contributed by atoms with van der Waals surface area (Å²) in [4.78, 5) is 0. The van der Waals surface area contributed by atoms with Crippen LogP contribution in [0.25, 0.3) is 0 Å². The van der Waals surface area contributed by atoms with Gasteiger partial charge in [0.15, 0.2) is 0 Å². The number of rotatable bonds is 0. The van der Waals surface area contributed by atoms with Crippen molar-refractivity contribution < 1.29 is 14.3 Å². The lowest BCUT2D eigenvalue weighted by Crippen LogP contribution is -1.80. The van der Waals surface area contributed by atoms with Gasteiger partial charge < -0.3 is 14.3 Å². The summed E-state index contributed by atoms with van der Waals surface area (Å²) < 4.78 is 4.53. The van der Waals surface area contributed by atoms with Gasteiger partial charge in [0.2, 0.25) is 0 Å². The molecule has 0 atom stereocenters. The van der Waals surface area contributed by atoms with Gasteiger partial charge in [-0.3, -0.25) is 0 Å². The minimum Gasteiger partial charge on any atom is -0.473 e. The molecule has 0 aliphatic carbocycles. The fourth-order valence-electron chi connectivity index (χ4n) is 0. The third-order valence-corrected chi connectivity index (χ3v) is 0. The molecular weight excluding hydrogens is 148 g/mol. The minimum atomic E-state index is -1.000. The molecule has 0 fully saturated rings. The van der Waals surface area contributed by atoms with E-state index in [1.54, 1.807) is 0 Å². The summed E-state index contributed by atoms with van der Waals surface area (Å²) in [5, 5.41) is 13.7. The predicted molar refractivity (Wildman–Crippen MR) is 38.8 cm³/mol. The van der Waals surface area contributed by atoms with Gasteiger partial charge in [0, 0.05) is 12.2 Å². The zero-order valence-corrected chi connectivity index (χ0v) is 9.03. The van der Waals surface area contributed by atoms with Crippen molar-refractivity contribution in [2.24, 2.45) is 0 Å². The minimum absolute atomic E-state index is 0.931. The molecule has 0 spiro atoms. The second-order valence-corrected chi connectivity index (χ2v) is 4.32. The second-order valence-electron chi connectivity index (χ2n) is 0.691. The van der Waals surface area contributed by atoms with Gasteiger partial charge >= 0.3 is 5.24 Å². The zero-order valence-electron chi connectivity index (χ0n) is 4.21. The quantitative estimate of drug-likeness (QED) is 0.313. The number of hydrogen-bond acceptors (Lipinski definition) is 2. The fourth-order valence-corrected chi connectivity index (χ4v) is 0. The van der Waals surface area contributed by atoms with Crippen LogP contribution in [0.5, 0.6) is 0 Å². The molecule has 0 unspecified atom stereocenters. The van der Waals surface area contributed by atoms with Crippen LogP contribution in [0.15, 0.2) is 0 Å². The highest BCUT2D eigenvalue weighted by Gasteiger charge is 1.62. The van der Waals surface area contributed by atoms with Gasteiger partial charge in [-0.2, -0.15) is 0 Å². The Kier molecular flexibility index (Phi) is 13.7. The highest BCUT2D eigenvalue weighted by atomic mass is 32.1. The smallest absolute Gasteiger partial charge is 0.347 e. The second kappa shape index (κ2) is 9.43. The lowest BCUT2D eigenvalue weighted by Gasteiger charge is -1.65.